The lowest BCUT2D eigenvalue weighted by atomic mass is 9.95. The summed E-state index contributed by atoms with van der Waals surface area (Å²) in [4.78, 5) is 11.5. The van der Waals surface area contributed by atoms with Gasteiger partial charge in [-0.1, -0.05) is 12.2 Å². The van der Waals surface area contributed by atoms with Crippen molar-refractivity contribution in [1.29, 1.82) is 0 Å². The van der Waals surface area contributed by atoms with E-state index >= 15 is 0 Å². The van der Waals surface area contributed by atoms with Gasteiger partial charge in [-0.05, 0) is 33.6 Å². The zero-order chi connectivity index (χ0) is 11.5. The van der Waals surface area contributed by atoms with E-state index in [0.29, 0.717) is 6.42 Å². The fourth-order valence-electron chi connectivity index (χ4n) is 1.47. The standard InChI is InChI=1S/C11H20N2O2.ClH/c1-10(2,3)15-9(14)13-11(12)7-5-4-6-8-11;/h4-5H,6-8,12H2,1-3H3,(H,13,14);1H. The van der Waals surface area contributed by atoms with Crippen LogP contribution in [0.5, 0.6) is 0 Å². The van der Waals surface area contributed by atoms with Crippen LogP contribution in [0.15, 0.2) is 12.2 Å². The molecule has 0 fully saturated rings. The number of amides is 1. The summed E-state index contributed by atoms with van der Waals surface area (Å²) in [5.74, 6) is 0. The third-order valence-electron chi connectivity index (χ3n) is 2.16. The van der Waals surface area contributed by atoms with Crippen molar-refractivity contribution in [3.63, 3.8) is 0 Å². The minimum atomic E-state index is -0.642. The number of ether oxygens (including phenoxy) is 1. The fraction of sp³-hybridized carbons (Fsp3) is 0.727. The SMILES string of the molecule is CC(C)(C)OC(=O)NC1(N)CC=CCC1.Cl. The van der Waals surface area contributed by atoms with Crippen molar-refractivity contribution in [3.8, 4) is 0 Å². The van der Waals surface area contributed by atoms with E-state index in [0.717, 1.165) is 12.8 Å². The molecule has 0 saturated heterocycles. The number of rotatable bonds is 1. The molecular formula is C11H21ClN2O2. The van der Waals surface area contributed by atoms with Gasteiger partial charge in [-0.3, -0.25) is 0 Å². The van der Waals surface area contributed by atoms with Crippen LogP contribution in [0, 0.1) is 0 Å². The van der Waals surface area contributed by atoms with Crippen molar-refractivity contribution in [2.45, 2.75) is 51.3 Å². The fourth-order valence-corrected chi connectivity index (χ4v) is 1.47. The third-order valence-corrected chi connectivity index (χ3v) is 2.16. The van der Waals surface area contributed by atoms with Crippen LogP contribution in [-0.2, 0) is 4.74 Å². The van der Waals surface area contributed by atoms with Gasteiger partial charge in [0.15, 0.2) is 0 Å². The second kappa shape index (κ2) is 5.55. The molecule has 0 aromatic carbocycles. The Balaban J connectivity index is 0.00000225. The molecule has 1 unspecified atom stereocenters. The number of allylic oxidation sites excluding steroid dienone is 1. The minimum Gasteiger partial charge on any atom is -0.444 e. The number of alkyl carbamates (subject to hydrolysis) is 1. The van der Waals surface area contributed by atoms with Gasteiger partial charge in [0.2, 0.25) is 0 Å². The number of nitrogens with two attached hydrogens (primary N) is 1. The van der Waals surface area contributed by atoms with E-state index in [1.807, 2.05) is 26.8 Å². The van der Waals surface area contributed by atoms with Gasteiger partial charge in [0.25, 0.3) is 0 Å². The maximum Gasteiger partial charge on any atom is 0.409 e. The Morgan fingerprint density at radius 1 is 1.44 bits per heavy atom. The summed E-state index contributed by atoms with van der Waals surface area (Å²) >= 11 is 0. The predicted octanol–water partition coefficient (Wildman–Crippen LogP) is 2.33. The smallest absolute Gasteiger partial charge is 0.409 e. The van der Waals surface area contributed by atoms with E-state index in [9.17, 15) is 4.79 Å². The van der Waals surface area contributed by atoms with Crippen molar-refractivity contribution in [2.75, 3.05) is 0 Å². The second-order valence-electron chi connectivity index (χ2n) is 5.00. The summed E-state index contributed by atoms with van der Waals surface area (Å²) in [6.45, 7) is 5.49. The normalized spacial score (nSPS) is 24.5. The summed E-state index contributed by atoms with van der Waals surface area (Å²) in [6.07, 6.45) is 5.92. The van der Waals surface area contributed by atoms with Crippen molar-refractivity contribution in [2.24, 2.45) is 5.73 Å². The molecule has 1 aliphatic rings. The van der Waals surface area contributed by atoms with Crippen LogP contribution in [0.1, 0.15) is 40.0 Å². The van der Waals surface area contributed by atoms with Gasteiger partial charge < -0.3 is 15.8 Å². The number of hydrogen-bond donors (Lipinski definition) is 2. The van der Waals surface area contributed by atoms with Crippen LogP contribution in [0.25, 0.3) is 0 Å². The Labute approximate surface area is 103 Å². The van der Waals surface area contributed by atoms with E-state index in [2.05, 4.69) is 11.4 Å². The van der Waals surface area contributed by atoms with Crippen molar-refractivity contribution >= 4 is 18.5 Å². The molecule has 1 rings (SSSR count). The zero-order valence-electron chi connectivity index (χ0n) is 10.1. The molecule has 1 amide bonds. The van der Waals surface area contributed by atoms with Crippen LogP contribution < -0.4 is 11.1 Å². The van der Waals surface area contributed by atoms with Gasteiger partial charge in [-0.25, -0.2) is 4.79 Å². The third kappa shape index (κ3) is 5.37. The number of carbonyl (C=O) groups is 1. The highest BCUT2D eigenvalue weighted by Gasteiger charge is 2.29. The van der Waals surface area contributed by atoms with Crippen LogP contribution >= 0.6 is 12.4 Å². The lowest BCUT2D eigenvalue weighted by Gasteiger charge is -2.32. The molecule has 3 N–H and O–H groups in total. The molecule has 0 bridgehead atoms. The van der Waals surface area contributed by atoms with E-state index in [1.54, 1.807) is 0 Å². The largest absolute Gasteiger partial charge is 0.444 e. The molecule has 16 heavy (non-hydrogen) atoms. The van der Waals surface area contributed by atoms with Crippen LogP contribution in [0.3, 0.4) is 0 Å². The molecule has 1 atom stereocenters. The highest BCUT2D eigenvalue weighted by atomic mass is 35.5. The molecular weight excluding hydrogens is 228 g/mol. The van der Waals surface area contributed by atoms with Crippen molar-refractivity contribution in [1.82, 2.24) is 5.32 Å². The highest BCUT2D eigenvalue weighted by Crippen LogP contribution is 2.18. The Kier molecular flexibility index (Phi) is 5.29. The molecule has 1 aliphatic carbocycles. The summed E-state index contributed by atoms with van der Waals surface area (Å²) in [5, 5.41) is 2.72. The number of carbonyl (C=O) groups excluding carboxylic acids is 1. The average Bonchev–Trinajstić information content (AvgIpc) is 1.99. The molecule has 0 aliphatic heterocycles. The number of halogens is 1. The topological polar surface area (TPSA) is 64.3 Å². The summed E-state index contributed by atoms with van der Waals surface area (Å²) in [5.41, 5.74) is 4.89. The van der Waals surface area contributed by atoms with E-state index in [-0.39, 0.29) is 12.4 Å². The predicted molar refractivity (Wildman–Crippen MR) is 66.5 cm³/mol. The average molecular weight is 249 g/mol. The molecule has 0 aromatic heterocycles. The summed E-state index contributed by atoms with van der Waals surface area (Å²) in [7, 11) is 0. The van der Waals surface area contributed by atoms with Gasteiger partial charge in [-0.2, -0.15) is 0 Å². The molecule has 94 valence electrons. The molecule has 0 heterocycles. The van der Waals surface area contributed by atoms with E-state index in [1.165, 1.54) is 0 Å². The van der Waals surface area contributed by atoms with Crippen molar-refractivity contribution < 1.29 is 9.53 Å². The molecule has 0 saturated carbocycles. The van der Waals surface area contributed by atoms with Gasteiger partial charge in [-0.15, -0.1) is 12.4 Å². The monoisotopic (exact) mass is 248 g/mol. The van der Waals surface area contributed by atoms with Crippen LogP contribution in [0.2, 0.25) is 0 Å². The summed E-state index contributed by atoms with van der Waals surface area (Å²) in [6, 6.07) is 0. The molecule has 4 nitrogen and oxygen atoms in total. The number of nitrogens with one attached hydrogen (secondary N) is 1. The van der Waals surface area contributed by atoms with Crippen molar-refractivity contribution in [3.05, 3.63) is 12.2 Å². The number of hydrogen-bond acceptors (Lipinski definition) is 3. The first-order valence-corrected chi connectivity index (χ1v) is 5.26. The Morgan fingerprint density at radius 2 is 2.06 bits per heavy atom. The summed E-state index contributed by atoms with van der Waals surface area (Å²) < 4.78 is 5.15. The molecule has 0 spiro atoms. The Bertz CT molecular complexity index is 274. The molecule has 0 radical (unpaired) electrons. The Hall–Kier alpha value is -0.740. The first kappa shape index (κ1) is 15.3. The first-order chi connectivity index (χ1) is 6.81. The van der Waals surface area contributed by atoms with Crippen LogP contribution in [-0.4, -0.2) is 17.4 Å². The van der Waals surface area contributed by atoms with Crippen LogP contribution in [0.4, 0.5) is 4.79 Å². The lowest BCUT2D eigenvalue weighted by Crippen LogP contribution is -2.57. The van der Waals surface area contributed by atoms with Gasteiger partial charge in [0.05, 0.1) is 5.66 Å². The zero-order valence-corrected chi connectivity index (χ0v) is 10.9. The minimum absolute atomic E-state index is 0. The lowest BCUT2D eigenvalue weighted by molar-refractivity contribution is 0.0450. The van der Waals surface area contributed by atoms with E-state index < -0.39 is 17.4 Å². The van der Waals surface area contributed by atoms with E-state index in [4.69, 9.17) is 10.5 Å². The van der Waals surface area contributed by atoms with Gasteiger partial charge in [0.1, 0.15) is 5.60 Å². The van der Waals surface area contributed by atoms with Gasteiger partial charge >= 0.3 is 6.09 Å². The maximum absolute atomic E-state index is 11.5. The second-order valence-corrected chi connectivity index (χ2v) is 5.00. The molecule has 0 aromatic rings. The maximum atomic E-state index is 11.5. The quantitative estimate of drug-likeness (QED) is 0.553. The Morgan fingerprint density at radius 3 is 2.50 bits per heavy atom. The molecule has 5 heteroatoms. The highest BCUT2D eigenvalue weighted by molar-refractivity contribution is 5.85. The van der Waals surface area contributed by atoms with Gasteiger partial charge in [0, 0.05) is 6.42 Å². The first-order valence-electron chi connectivity index (χ1n) is 5.26.